The molecule has 0 spiro atoms. The van der Waals surface area contributed by atoms with Crippen molar-refractivity contribution in [3.63, 3.8) is 0 Å². The molecule has 8 heavy (non-hydrogen) atoms. The van der Waals surface area contributed by atoms with Crippen LogP contribution in [0.1, 0.15) is 0 Å². The molecule has 0 saturated carbocycles. The number of nitrogens with zero attached hydrogens (tertiary/aromatic N) is 2. The van der Waals surface area contributed by atoms with Gasteiger partial charge in [-0.3, -0.25) is 4.99 Å². The zero-order valence-corrected chi connectivity index (χ0v) is 5.44. The Morgan fingerprint density at radius 1 is 1.88 bits per heavy atom. The lowest BCUT2D eigenvalue weighted by Gasteiger charge is -1.86. The molecular weight excluding hydrogens is 120 g/mol. The molecule has 42 valence electrons. The van der Waals surface area contributed by atoms with E-state index in [9.17, 15) is 0 Å². The van der Waals surface area contributed by atoms with Gasteiger partial charge < -0.3 is 0 Å². The Balaban J connectivity index is 4.10. The lowest BCUT2D eigenvalue weighted by atomic mass is 10.4. The van der Waals surface area contributed by atoms with Gasteiger partial charge in [0.15, 0.2) is 0 Å². The van der Waals surface area contributed by atoms with Crippen molar-refractivity contribution < 1.29 is 0 Å². The molecule has 0 heterocycles. The third-order valence-electron chi connectivity index (χ3n) is 0.617. The first-order valence-corrected chi connectivity index (χ1v) is 2.42. The van der Waals surface area contributed by atoms with E-state index in [2.05, 4.69) is 24.2 Å². The fourth-order valence-corrected chi connectivity index (χ4v) is 0.235. The molecule has 0 aromatic carbocycles. The van der Waals surface area contributed by atoms with Crippen LogP contribution in [-0.2, 0) is 0 Å². The highest BCUT2D eigenvalue weighted by Gasteiger charge is 1.92. The Kier molecular flexibility index (Phi) is 2.97. The fourth-order valence-electron chi connectivity index (χ4n) is 0.185. The summed E-state index contributed by atoms with van der Waals surface area (Å²) in [7, 11) is 1.56. The second kappa shape index (κ2) is 3.28. The minimum Gasteiger partial charge on any atom is -0.281 e. The van der Waals surface area contributed by atoms with Gasteiger partial charge in [-0.05, 0) is 0 Å². The van der Waals surface area contributed by atoms with Gasteiger partial charge in [0.1, 0.15) is 11.1 Å². The van der Waals surface area contributed by atoms with Crippen LogP contribution in [0.25, 0.3) is 0 Å². The van der Waals surface area contributed by atoms with E-state index in [-0.39, 0.29) is 0 Å². The second-order valence-electron chi connectivity index (χ2n) is 1.14. The Labute approximate surface area is 54.0 Å². The Bertz CT molecular complexity index is 164. The van der Waals surface area contributed by atoms with Crippen molar-refractivity contribution in [1.29, 1.82) is 5.26 Å². The van der Waals surface area contributed by atoms with E-state index < -0.39 is 0 Å². The minimum absolute atomic E-state index is 0.302. The van der Waals surface area contributed by atoms with Crippen LogP contribution in [0.2, 0.25) is 0 Å². The molecule has 0 saturated heterocycles. The Morgan fingerprint density at radius 3 is 2.50 bits per heavy atom. The molecule has 0 aromatic rings. The molecule has 0 N–H and O–H groups in total. The Morgan fingerprint density at radius 2 is 2.38 bits per heavy atom. The van der Waals surface area contributed by atoms with Crippen molar-refractivity contribution >= 4 is 17.7 Å². The molecule has 0 radical (unpaired) electrons. The third kappa shape index (κ3) is 1.80. The number of rotatable bonds is 1. The van der Waals surface area contributed by atoms with Gasteiger partial charge in [0.25, 0.3) is 0 Å². The molecule has 0 atom stereocenters. The third-order valence-corrected chi connectivity index (χ3v) is 1.09. The van der Waals surface area contributed by atoms with Crippen LogP contribution in [-0.4, -0.2) is 12.1 Å². The molecule has 0 rings (SSSR count). The molecule has 2 nitrogen and oxygen atoms in total. The van der Waals surface area contributed by atoms with Crippen LogP contribution in [0.4, 0.5) is 0 Å². The molecule has 3 heteroatoms. The average Bonchev–Trinajstić information content (AvgIpc) is 1.84. The molecule has 0 amide bonds. The van der Waals surface area contributed by atoms with Gasteiger partial charge in [-0.25, -0.2) is 0 Å². The SMILES string of the molecule is C=C(C#N)/C(S)=N\C. The fraction of sp³-hybridized carbons (Fsp3) is 0.200. The highest BCUT2D eigenvalue weighted by molar-refractivity contribution is 7.97. The topological polar surface area (TPSA) is 36.1 Å². The largest absolute Gasteiger partial charge is 0.281 e. The predicted molar refractivity (Wildman–Crippen MR) is 37.1 cm³/mol. The van der Waals surface area contributed by atoms with Crippen molar-refractivity contribution in [3.05, 3.63) is 12.2 Å². The monoisotopic (exact) mass is 126 g/mol. The minimum atomic E-state index is 0.302. The molecular formula is C5H6N2S. The first-order chi connectivity index (χ1) is 3.72. The highest BCUT2D eigenvalue weighted by Crippen LogP contribution is 1.95. The molecule has 0 aliphatic carbocycles. The number of aliphatic imine (C=N–C) groups is 1. The van der Waals surface area contributed by atoms with E-state index in [1.165, 1.54) is 0 Å². The van der Waals surface area contributed by atoms with E-state index in [1.807, 2.05) is 6.07 Å². The lowest BCUT2D eigenvalue weighted by Crippen LogP contribution is -1.87. The maximum Gasteiger partial charge on any atom is 0.104 e. The van der Waals surface area contributed by atoms with E-state index in [1.54, 1.807) is 7.05 Å². The van der Waals surface area contributed by atoms with E-state index in [0.29, 0.717) is 10.6 Å². The van der Waals surface area contributed by atoms with Gasteiger partial charge >= 0.3 is 0 Å². The second-order valence-corrected chi connectivity index (χ2v) is 1.56. The zero-order chi connectivity index (χ0) is 6.57. The summed E-state index contributed by atoms with van der Waals surface area (Å²) in [6, 6.07) is 1.81. The van der Waals surface area contributed by atoms with Gasteiger partial charge in [-0.1, -0.05) is 6.58 Å². The summed E-state index contributed by atoms with van der Waals surface area (Å²) in [5.74, 6) is 0. The summed E-state index contributed by atoms with van der Waals surface area (Å²) >= 11 is 3.83. The van der Waals surface area contributed by atoms with Crippen molar-refractivity contribution in [2.75, 3.05) is 7.05 Å². The van der Waals surface area contributed by atoms with Crippen molar-refractivity contribution in [2.24, 2.45) is 4.99 Å². The molecule has 0 bridgehead atoms. The van der Waals surface area contributed by atoms with Crippen molar-refractivity contribution in [2.45, 2.75) is 0 Å². The summed E-state index contributed by atoms with van der Waals surface area (Å²) in [4.78, 5) is 3.62. The lowest BCUT2D eigenvalue weighted by molar-refractivity contribution is 1.45. The summed E-state index contributed by atoms with van der Waals surface area (Å²) in [6.07, 6.45) is 0. The first kappa shape index (κ1) is 7.25. The summed E-state index contributed by atoms with van der Waals surface area (Å²) in [5, 5.41) is 8.55. The van der Waals surface area contributed by atoms with E-state index >= 15 is 0 Å². The van der Waals surface area contributed by atoms with Crippen LogP contribution in [0.5, 0.6) is 0 Å². The van der Waals surface area contributed by atoms with Crippen LogP contribution in [0, 0.1) is 11.3 Å². The smallest absolute Gasteiger partial charge is 0.104 e. The number of hydrogen-bond acceptors (Lipinski definition) is 2. The maximum absolute atomic E-state index is 8.16. The van der Waals surface area contributed by atoms with Crippen molar-refractivity contribution in [3.8, 4) is 6.07 Å². The quantitative estimate of drug-likeness (QED) is 0.242. The van der Waals surface area contributed by atoms with Crippen LogP contribution >= 0.6 is 12.6 Å². The number of thiol groups is 1. The van der Waals surface area contributed by atoms with Gasteiger partial charge in [0.2, 0.25) is 0 Å². The first-order valence-electron chi connectivity index (χ1n) is 1.97. The van der Waals surface area contributed by atoms with Gasteiger partial charge in [0.05, 0.1) is 5.57 Å². The van der Waals surface area contributed by atoms with Gasteiger partial charge in [0, 0.05) is 7.05 Å². The predicted octanol–water partition coefficient (Wildman–Crippen LogP) is 1.02. The molecule has 0 fully saturated rings. The standard InChI is InChI=1S/C5H6N2S/c1-4(3-6)5(8)7-2/h1H2,2H3,(H,7,8). The van der Waals surface area contributed by atoms with Crippen molar-refractivity contribution in [1.82, 2.24) is 0 Å². The molecule has 0 aliphatic rings. The van der Waals surface area contributed by atoms with Crippen LogP contribution < -0.4 is 0 Å². The number of nitriles is 1. The van der Waals surface area contributed by atoms with E-state index in [0.717, 1.165) is 0 Å². The summed E-state index contributed by atoms with van der Waals surface area (Å²) < 4.78 is 0. The van der Waals surface area contributed by atoms with Gasteiger partial charge in [-0.15, -0.1) is 12.6 Å². The van der Waals surface area contributed by atoms with E-state index in [4.69, 9.17) is 5.26 Å². The maximum atomic E-state index is 8.16. The average molecular weight is 126 g/mol. The van der Waals surface area contributed by atoms with Crippen LogP contribution in [0.15, 0.2) is 17.1 Å². The molecule has 0 aliphatic heterocycles. The highest BCUT2D eigenvalue weighted by atomic mass is 32.1. The van der Waals surface area contributed by atoms with Gasteiger partial charge in [-0.2, -0.15) is 5.26 Å². The summed E-state index contributed by atoms with van der Waals surface area (Å²) in [5.41, 5.74) is 0.302. The Hall–Kier alpha value is -0.750. The normalized spacial score (nSPS) is 10.4. The zero-order valence-electron chi connectivity index (χ0n) is 4.55. The van der Waals surface area contributed by atoms with Crippen LogP contribution in [0.3, 0.4) is 0 Å². The molecule has 0 unspecified atom stereocenters. The molecule has 0 aromatic heterocycles. The summed E-state index contributed by atoms with van der Waals surface area (Å²) in [6.45, 7) is 3.38. The number of hydrogen-bond donors (Lipinski definition) is 1.